The molecule has 17 heavy (non-hydrogen) atoms. The van der Waals surface area contributed by atoms with Gasteiger partial charge in [0.25, 0.3) is 0 Å². The summed E-state index contributed by atoms with van der Waals surface area (Å²) < 4.78 is 1.93. The Morgan fingerprint density at radius 1 is 1.47 bits per heavy atom. The highest BCUT2D eigenvalue weighted by molar-refractivity contribution is 6.33. The zero-order chi connectivity index (χ0) is 12.0. The van der Waals surface area contributed by atoms with E-state index in [1.54, 1.807) is 6.33 Å². The molecule has 1 aliphatic carbocycles. The SMILES string of the molecule is Nc1nc(Cl)c2ncn(C3CCC3CO)c2n1. The zero-order valence-corrected chi connectivity index (χ0v) is 9.80. The molecule has 0 aliphatic heterocycles. The predicted octanol–water partition coefficient (Wildman–Crippen LogP) is 1.01. The summed E-state index contributed by atoms with van der Waals surface area (Å²) in [6.07, 6.45) is 3.73. The quantitative estimate of drug-likeness (QED) is 0.780. The molecule has 0 radical (unpaired) electrons. The molecule has 2 aromatic heterocycles. The topological polar surface area (TPSA) is 89.8 Å². The molecule has 6 nitrogen and oxygen atoms in total. The molecule has 0 spiro atoms. The highest BCUT2D eigenvalue weighted by Gasteiger charge is 2.33. The molecule has 1 fully saturated rings. The summed E-state index contributed by atoms with van der Waals surface area (Å²) in [5.74, 6) is 0.409. The van der Waals surface area contributed by atoms with Gasteiger partial charge in [0.05, 0.1) is 6.33 Å². The van der Waals surface area contributed by atoms with Crippen molar-refractivity contribution >= 4 is 28.7 Å². The number of nitrogen functional groups attached to an aromatic ring is 1. The number of nitrogens with zero attached hydrogens (tertiary/aromatic N) is 4. The molecule has 3 N–H and O–H groups in total. The van der Waals surface area contributed by atoms with Gasteiger partial charge >= 0.3 is 0 Å². The number of hydrogen-bond donors (Lipinski definition) is 2. The lowest BCUT2D eigenvalue weighted by Crippen LogP contribution is -2.31. The van der Waals surface area contributed by atoms with E-state index in [1.165, 1.54) is 0 Å². The smallest absolute Gasteiger partial charge is 0.223 e. The number of fused-ring (bicyclic) bond motifs is 1. The summed E-state index contributed by atoms with van der Waals surface area (Å²) in [4.78, 5) is 12.2. The third kappa shape index (κ3) is 1.56. The molecule has 0 amide bonds. The minimum atomic E-state index is 0.143. The van der Waals surface area contributed by atoms with Gasteiger partial charge in [-0.2, -0.15) is 9.97 Å². The Labute approximate surface area is 102 Å². The molecule has 3 rings (SSSR count). The van der Waals surface area contributed by atoms with E-state index in [1.807, 2.05) is 4.57 Å². The summed E-state index contributed by atoms with van der Waals surface area (Å²) in [6.45, 7) is 0.179. The zero-order valence-electron chi connectivity index (χ0n) is 9.04. The number of rotatable bonds is 2. The van der Waals surface area contributed by atoms with E-state index in [0.717, 1.165) is 12.8 Å². The average Bonchev–Trinajstić information content (AvgIpc) is 2.61. The monoisotopic (exact) mass is 253 g/mol. The Bertz CT molecular complexity index is 567. The molecule has 2 heterocycles. The summed E-state index contributed by atoms with van der Waals surface area (Å²) in [7, 11) is 0. The Kier molecular flexibility index (Phi) is 2.41. The van der Waals surface area contributed by atoms with Crippen LogP contribution < -0.4 is 5.73 Å². The number of hydrogen-bond acceptors (Lipinski definition) is 5. The Morgan fingerprint density at radius 3 is 2.94 bits per heavy atom. The largest absolute Gasteiger partial charge is 0.396 e. The lowest BCUT2D eigenvalue weighted by molar-refractivity contribution is 0.0994. The molecule has 2 unspecified atom stereocenters. The molecule has 0 aromatic carbocycles. The predicted molar refractivity (Wildman–Crippen MR) is 63.6 cm³/mol. The molecule has 0 saturated heterocycles. The van der Waals surface area contributed by atoms with E-state index in [2.05, 4.69) is 15.0 Å². The minimum Gasteiger partial charge on any atom is -0.396 e. The van der Waals surface area contributed by atoms with Crippen molar-refractivity contribution in [3.05, 3.63) is 11.5 Å². The maximum atomic E-state index is 9.22. The Morgan fingerprint density at radius 2 is 2.29 bits per heavy atom. The van der Waals surface area contributed by atoms with Gasteiger partial charge < -0.3 is 15.4 Å². The van der Waals surface area contributed by atoms with Gasteiger partial charge in [-0.3, -0.25) is 0 Å². The van der Waals surface area contributed by atoms with Crippen molar-refractivity contribution in [3.8, 4) is 0 Å². The number of aromatic nitrogens is 4. The van der Waals surface area contributed by atoms with E-state index >= 15 is 0 Å². The molecule has 90 valence electrons. The maximum Gasteiger partial charge on any atom is 0.223 e. The van der Waals surface area contributed by atoms with Crippen LogP contribution >= 0.6 is 11.6 Å². The van der Waals surface area contributed by atoms with Gasteiger partial charge in [0.15, 0.2) is 10.8 Å². The first kappa shape index (κ1) is 10.7. The standard InChI is InChI=1S/C10H12ClN5O/c11-8-7-9(15-10(12)14-8)16(4-13-7)6-2-1-5(6)3-17/h4-6,17H,1-3H2,(H2,12,14,15). The summed E-state index contributed by atoms with van der Waals surface area (Å²) in [6, 6.07) is 0.232. The molecule has 7 heteroatoms. The van der Waals surface area contributed by atoms with Crippen molar-refractivity contribution in [2.24, 2.45) is 5.92 Å². The molecule has 1 aliphatic rings. The molecule has 2 aromatic rings. The van der Waals surface area contributed by atoms with Crippen molar-refractivity contribution in [2.75, 3.05) is 12.3 Å². The minimum absolute atomic E-state index is 0.143. The normalized spacial score (nSPS) is 23.9. The van der Waals surface area contributed by atoms with Crippen LogP contribution in [0.15, 0.2) is 6.33 Å². The number of nitrogens with two attached hydrogens (primary N) is 1. The second-order valence-corrected chi connectivity index (χ2v) is 4.64. The number of imidazole rings is 1. The van der Waals surface area contributed by atoms with E-state index in [9.17, 15) is 5.11 Å². The fraction of sp³-hybridized carbons (Fsp3) is 0.500. The van der Waals surface area contributed by atoms with Crippen LogP contribution in [0, 0.1) is 5.92 Å². The number of aliphatic hydroxyl groups excluding tert-OH is 1. The summed E-state index contributed by atoms with van der Waals surface area (Å²) in [5.41, 5.74) is 6.79. The van der Waals surface area contributed by atoms with Crippen LogP contribution in [-0.2, 0) is 0 Å². The van der Waals surface area contributed by atoms with Crippen molar-refractivity contribution in [3.63, 3.8) is 0 Å². The van der Waals surface area contributed by atoms with Gasteiger partial charge in [-0.25, -0.2) is 4.98 Å². The fourth-order valence-electron chi connectivity index (χ4n) is 2.27. The fourth-order valence-corrected chi connectivity index (χ4v) is 2.49. The highest BCUT2D eigenvalue weighted by atomic mass is 35.5. The van der Waals surface area contributed by atoms with E-state index < -0.39 is 0 Å². The van der Waals surface area contributed by atoms with Crippen molar-refractivity contribution < 1.29 is 5.11 Å². The Balaban J connectivity index is 2.11. The molecule has 1 saturated carbocycles. The van der Waals surface area contributed by atoms with Crippen LogP contribution in [0.25, 0.3) is 11.2 Å². The first-order valence-electron chi connectivity index (χ1n) is 5.47. The van der Waals surface area contributed by atoms with Gasteiger partial charge in [0.2, 0.25) is 5.95 Å². The number of aliphatic hydroxyl groups is 1. The van der Waals surface area contributed by atoms with Crippen LogP contribution in [0.3, 0.4) is 0 Å². The average molecular weight is 254 g/mol. The number of anilines is 1. The van der Waals surface area contributed by atoms with Crippen LogP contribution in [0.4, 0.5) is 5.95 Å². The lowest BCUT2D eigenvalue weighted by Gasteiger charge is -2.36. The van der Waals surface area contributed by atoms with Crippen molar-refractivity contribution in [1.82, 2.24) is 19.5 Å². The van der Waals surface area contributed by atoms with Crippen molar-refractivity contribution in [2.45, 2.75) is 18.9 Å². The molecule has 0 bridgehead atoms. The van der Waals surface area contributed by atoms with Gasteiger partial charge in [0, 0.05) is 18.6 Å². The van der Waals surface area contributed by atoms with Gasteiger partial charge in [-0.1, -0.05) is 11.6 Å². The highest BCUT2D eigenvalue weighted by Crippen LogP contribution is 2.39. The van der Waals surface area contributed by atoms with E-state index in [0.29, 0.717) is 11.2 Å². The van der Waals surface area contributed by atoms with Crippen LogP contribution in [0.1, 0.15) is 18.9 Å². The number of halogens is 1. The summed E-state index contributed by atoms with van der Waals surface area (Å²) >= 11 is 5.96. The lowest BCUT2D eigenvalue weighted by atomic mass is 9.80. The van der Waals surface area contributed by atoms with Crippen LogP contribution in [0.5, 0.6) is 0 Å². The third-order valence-electron chi connectivity index (χ3n) is 3.37. The van der Waals surface area contributed by atoms with Gasteiger partial charge in [-0.05, 0) is 12.8 Å². The second kappa shape index (κ2) is 3.82. The summed E-state index contributed by atoms with van der Waals surface area (Å²) in [5, 5.41) is 9.49. The second-order valence-electron chi connectivity index (χ2n) is 4.28. The Hall–Kier alpha value is -1.40. The first-order valence-corrected chi connectivity index (χ1v) is 5.85. The van der Waals surface area contributed by atoms with Gasteiger partial charge in [-0.15, -0.1) is 0 Å². The third-order valence-corrected chi connectivity index (χ3v) is 3.63. The van der Waals surface area contributed by atoms with Crippen molar-refractivity contribution in [1.29, 1.82) is 0 Å². The van der Waals surface area contributed by atoms with E-state index in [4.69, 9.17) is 17.3 Å². The van der Waals surface area contributed by atoms with Crippen LogP contribution in [-0.4, -0.2) is 31.2 Å². The molecular formula is C10H12ClN5O. The molecule has 2 atom stereocenters. The van der Waals surface area contributed by atoms with Crippen LogP contribution in [0.2, 0.25) is 5.15 Å². The first-order chi connectivity index (χ1) is 8.20. The van der Waals surface area contributed by atoms with E-state index in [-0.39, 0.29) is 29.7 Å². The molecular weight excluding hydrogens is 242 g/mol. The maximum absolute atomic E-state index is 9.22. The van der Waals surface area contributed by atoms with Gasteiger partial charge in [0.1, 0.15) is 5.52 Å².